The number of rotatable bonds is 11. The molecule has 1 N–H and O–H groups in total. The highest BCUT2D eigenvalue weighted by Crippen LogP contribution is 2.26. The quantitative estimate of drug-likeness (QED) is 0.186. The van der Waals surface area contributed by atoms with Gasteiger partial charge in [0.1, 0.15) is 12.6 Å². The molecule has 0 radical (unpaired) electrons. The Bertz CT molecular complexity index is 1710. The summed E-state index contributed by atoms with van der Waals surface area (Å²) in [5, 5.41) is 3.94. The highest BCUT2D eigenvalue weighted by molar-refractivity contribution is 7.92. The fourth-order valence-electron chi connectivity index (χ4n) is 4.77. The summed E-state index contributed by atoms with van der Waals surface area (Å²) in [4.78, 5) is 29.9. The number of hydrogen-bond donors (Lipinski definition) is 1. The molecule has 2 amide bonds. The van der Waals surface area contributed by atoms with E-state index in [0.29, 0.717) is 15.7 Å². The normalized spacial score (nSPS) is 12.3. The van der Waals surface area contributed by atoms with Crippen LogP contribution in [0.3, 0.4) is 0 Å². The van der Waals surface area contributed by atoms with Crippen molar-refractivity contribution < 1.29 is 18.0 Å². The predicted molar refractivity (Wildman–Crippen MR) is 181 cm³/mol. The number of hydrogen-bond acceptors (Lipinski definition) is 4. The Kier molecular flexibility index (Phi) is 11.0. The van der Waals surface area contributed by atoms with Crippen molar-refractivity contribution >= 4 is 50.7 Å². The number of sulfonamides is 1. The minimum absolute atomic E-state index is 0.0177. The van der Waals surface area contributed by atoms with E-state index in [1.165, 1.54) is 29.2 Å². The largest absolute Gasteiger partial charge is 0.350 e. The van der Waals surface area contributed by atoms with Gasteiger partial charge in [-0.15, -0.1) is 0 Å². The molecule has 0 fully saturated rings. The second-order valence-corrected chi connectivity index (χ2v) is 14.6. The van der Waals surface area contributed by atoms with E-state index >= 15 is 0 Å². The number of aryl methyl sites for hydroxylation is 1. The summed E-state index contributed by atoms with van der Waals surface area (Å²) in [6.07, 6.45) is 0.219. The van der Waals surface area contributed by atoms with Crippen LogP contribution in [0, 0.1) is 6.92 Å². The molecule has 0 saturated heterocycles. The summed E-state index contributed by atoms with van der Waals surface area (Å²) in [5.41, 5.74) is 2.25. The van der Waals surface area contributed by atoms with E-state index in [0.717, 1.165) is 21.0 Å². The molecule has 0 aromatic heterocycles. The van der Waals surface area contributed by atoms with Crippen molar-refractivity contribution in [1.29, 1.82) is 0 Å². The van der Waals surface area contributed by atoms with Crippen molar-refractivity contribution in [2.45, 2.75) is 57.1 Å². The van der Waals surface area contributed by atoms with Gasteiger partial charge < -0.3 is 10.2 Å². The van der Waals surface area contributed by atoms with Gasteiger partial charge in [0.05, 0.1) is 10.6 Å². The van der Waals surface area contributed by atoms with Crippen molar-refractivity contribution in [3.8, 4) is 0 Å². The summed E-state index contributed by atoms with van der Waals surface area (Å²) in [6, 6.07) is 28.1. The lowest BCUT2D eigenvalue weighted by atomic mass is 10.0. The van der Waals surface area contributed by atoms with E-state index < -0.39 is 34.1 Å². The highest BCUT2D eigenvalue weighted by atomic mass is 35.5. The van der Waals surface area contributed by atoms with Crippen LogP contribution in [0.25, 0.3) is 0 Å². The first-order chi connectivity index (χ1) is 21.2. The minimum Gasteiger partial charge on any atom is -0.350 e. The van der Waals surface area contributed by atoms with Crippen molar-refractivity contribution in [1.82, 2.24) is 10.2 Å². The maximum atomic E-state index is 14.5. The lowest BCUT2D eigenvalue weighted by Gasteiger charge is -2.35. The van der Waals surface area contributed by atoms with Crippen LogP contribution in [0.2, 0.25) is 10.0 Å². The minimum atomic E-state index is -4.22. The van der Waals surface area contributed by atoms with Crippen LogP contribution in [0.4, 0.5) is 5.69 Å². The van der Waals surface area contributed by atoms with Gasteiger partial charge >= 0.3 is 0 Å². The molecule has 4 aromatic rings. The zero-order chi connectivity index (χ0) is 32.8. The van der Waals surface area contributed by atoms with E-state index in [9.17, 15) is 18.0 Å². The number of halogens is 2. The molecule has 45 heavy (non-hydrogen) atoms. The molecular weight excluding hydrogens is 629 g/mol. The molecule has 4 aromatic carbocycles. The maximum Gasteiger partial charge on any atom is 0.264 e. The van der Waals surface area contributed by atoms with Crippen molar-refractivity contribution in [3.05, 3.63) is 130 Å². The lowest BCUT2D eigenvalue weighted by Crippen LogP contribution is -2.56. The van der Waals surface area contributed by atoms with Gasteiger partial charge in [0.2, 0.25) is 11.8 Å². The van der Waals surface area contributed by atoms with Gasteiger partial charge in [-0.3, -0.25) is 13.9 Å². The zero-order valence-electron chi connectivity index (χ0n) is 25.7. The molecule has 7 nitrogen and oxygen atoms in total. The van der Waals surface area contributed by atoms with Crippen LogP contribution < -0.4 is 9.62 Å². The van der Waals surface area contributed by atoms with Crippen LogP contribution in [0.1, 0.15) is 37.5 Å². The Balaban J connectivity index is 1.81. The third kappa shape index (κ3) is 9.33. The number of carbonyl (C=O) groups is 2. The van der Waals surface area contributed by atoms with Crippen molar-refractivity contribution in [2.24, 2.45) is 0 Å². The first-order valence-electron chi connectivity index (χ1n) is 14.5. The first-order valence-corrected chi connectivity index (χ1v) is 16.7. The van der Waals surface area contributed by atoms with E-state index in [2.05, 4.69) is 5.32 Å². The molecule has 0 unspecified atom stereocenters. The number of benzene rings is 4. The van der Waals surface area contributed by atoms with Crippen LogP contribution >= 0.6 is 23.2 Å². The van der Waals surface area contributed by atoms with Gasteiger partial charge in [-0.2, -0.15) is 0 Å². The van der Waals surface area contributed by atoms with Gasteiger partial charge in [-0.25, -0.2) is 8.42 Å². The molecule has 1 atom stereocenters. The first kappa shape index (κ1) is 34.0. The number of anilines is 1. The van der Waals surface area contributed by atoms with E-state index in [1.807, 2.05) is 58.0 Å². The Morgan fingerprint density at radius 2 is 1.33 bits per heavy atom. The molecule has 0 saturated carbocycles. The smallest absolute Gasteiger partial charge is 0.264 e. The van der Waals surface area contributed by atoms with Crippen molar-refractivity contribution in [3.63, 3.8) is 0 Å². The third-order valence-corrected chi connectivity index (χ3v) is 9.33. The van der Waals surface area contributed by atoms with E-state index in [-0.39, 0.29) is 23.8 Å². The van der Waals surface area contributed by atoms with Gasteiger partial charge in [-0.1, -0.05) is 83.4 Å². The summed E-state index contributed by atoms with van der Waals surface area (Å²) in [6.45, 7) is 7.00. The summed E-state index contributed by atoms with van der Waals surface area (Å²) in [5.74, 6) is -0.899. The molecule has 0 aliphatic rings. The molecule has 4 rings (SSSR count). The highest BCUT2D eigenvalue weighted by Gasteiger charge is 2.35. The van der Waals surface area contributed by atoms with Gasteiger partial charge in [0.15, 0.2) is 0 Å². The Labute approximate surface area is 275 Å². The van der Waals surface area contributed by atoms with E-state index in [4.69, 9.17) is 23.2 Å². The lowest BCUT2D eigenvalue weighted by molar-refractivity contribution is -0.140. The fourth-order valence-corrected chi connectivity index (χ4v) is 6.43. The monoisotopic (exact) mass is 665 g/mol. The third-order valence-electron chi connectivity index (χ3n) is 7.04. The number of carbonyl (C=O) groups excluding carboxylic acids is 2. The molecule has 236 valence electrons. The second-order valence-electron chi connectivity index (χ2n) is 11.9. The number of nitrogens with one attached hydrogen (secondary N) is 1. The van der Waals surface area contributed by atoms with Crippen LogP contribution in [0.5, 0.6) is 0 Å². The summed E-state index contributed by atoms with van der Waals surface area (Å²) >= 11 is 12.2. The van der Waals surface area contributed by atoms with Gasteiger partial charge in [0, 0.05) is 28.5 Å². The maximum absolute atomic E-state index is 14.5. The van der Waals surface area contributed by atoms with Crippen LogP contribution in [-0.2, 0) is 32.6 Å². The van der Waals surface area contributed by atoms with Gasteiger partial charge in [0.25, 0.3) is 10.0 Å². The van der Waals surface area contributed by atoms with Crippen LogP contribution in [-0.4, -0.2) is 43.3 Å². The molecule has 0 heterocycles. The van der Waals surface area contributed by atoms with E-state index in [1.54, 1.807) is 48.5 Å². The average molecular weight is 667 g/mol. The SMILES string of the molecule is Cc1ccc(N(CC(=O)N(Cc2ccc(Cl)cc2)[C@@H](Cc2ccccc2)C(=O)NC(C)(C)C)S(=O)(=O)c2ccc(Cl)cc2)cc1. The Morgan fingerprint density at radius 1 is 0.778 bits per heavy atom. The summed E-state index contributed by atoms with van der Waals surface area (Å²) < 4.78 is 29.2. The van der Waals surface area contributed by atoms with Crippen molar-refractivity contribution in [2.75, 3.05) is 10.8 Å². The molecule has 0 aliphatic heterocycles. The average Bonchev–Trinajstić information content (AvgIpc) is 2.99. The number of amides is 2. The number of nitrogens with zero attached hydrogens (tertiary/aromatic N) is 2. The predicted octanol–water partition coefficient (Wildman–Crippen LogP) is 7.05. The fraction of sp³-hybridized carbons (Fsp3) is 0.257. The van der Waals surface area contributed by atoms with Gasteiger partial charge in [-0.05, 0) is 87.4 Å². The standard InChI is InChI=1S/C35H37Cl2N3O4S/c1-25-10-18-30(19-11-25)40(45(43,44)31-20-16-29(37)17-21-31)24-33(41)39(23-27-12-14-28(36)15-13-27)32(34(42)38-35(2,3)4)22-26-8-6-5-7-9-26/h5-21,32H,22-24H2,1-4H3,(H,38,42)/t32-/m0/s1. The Morgan fingerprint density at radius 3 is 1.89 bits per heavy atom. The molecule has 0 bridgehead atoms. The molecular formula is C35H37Cl2N3O4S. The van der Waals surface area contributed by atoms with Crippen LogP contribution in [0.15, 0.2) is 108 Å². The zero-order valence-corrected chi connectivity index (χ0v) is 28.0. The topological polar surface area (TPSA) is 86.8 Å². The molecule has 10 heteroatoms. The molecule has 0 spiro atoms. The Hall–Kier alpha value is -3.85. The summed E-state index contributed by atoms with van der Waals surface area (Å²) in [7, 11) is -4.22. The molecule has 0 aliphatic carbocycles. The second kappa shape index (κ2) is 14.5.